The van der Waals surface area contributed by atoms with E-state index in [0.29, 0.717) is 17.8 Å². The van der Waals surface area contributed by atoms with Crippen LogP contribution in [0, 0.1) is 22.7 Å². The van der Waals surface area contributed by atoms with E-state index in [1.165, 1.54) is 18.9 Å². The number of ether oxygens (including phenoxy) is 2. The molecule has 3 fully saturated rings. The van der Waals surface area contributed by atoms with Crippen LogP contribution in [0.15, 0.2) is 16.7 Å². The van der Waals surface area contributed by atoms with Crippen LogP contribution in [0.5, 0.6) is 0 Å². The molecule has 2 heterocycles. The summed E-state index contributed by atoms with van der Waals surface area (Å²) in [7, 11) is 0. The lowest BCUT2D eigenvalue weighted by molar-refractivity contribution is -0.254. The predicted molar refractivity (Wildman–Crippen MR) is 96.6 cm³/mol. The normalized spacial score (nSPS) is 47.8. The van der Waals surface area contributed by atoms with Gasteiger partial charge in [-0.25, -0.2) is 0 Å². The van der Waals surface area contributed by atoms with Crippen LogP contribution in [0.25, 0.3) is 0 Å². The first kappa shape index (κ1) is 16.9. The van der Waals surface area contributed by atoms with E-state index in [2.05, 4.69) is 33.8 Å². The Morgan fingerprint density at radius 3 is 2.77 bits per heavy atom. The predicted octanol–water partition coefficient (Wildman–Crippen LogP) is 4.99. The molecule has 142 valence electrons. The van der Waals surface area contributed by atoms with Crippen LogP contribution in [0.4, 0.5) is 0 Å². The largest absolute Gasteiger partial charge is 0.466 e. The lowest BCUT2D eigenvalue weighted by atomic mass is 9.42. The molecule has 26 heavy (non-hydrogen) atoms. The van der Waals surface area contributed by atoms with Crippen molar-refractivity contribution in [2.75, 3.05) is 0 Å². The maximum Gasteiger partial charge on any atom is 0.303 e. The summed E-state index contributed by atoms with van der Waals surface area (Å²) in [5, 5.41) is 0. The smallest absolute Gasteiger partial charge is 0.303 e. The Morgan fingerprint density at radius 2 is 2.04 bits per heavy atom. The molecular formula is C22H30O4. The van der Waals surface area contributed by atoms with Crippen LogP contribution < -0.4 is 0 Å². The summed E-state index contributed by atoms with van der Waals surface area (Å²) in [6.45, 7) is 10.9. The van der Waals surface area contributed by atoms with Gasteiger partial charge >= 0.3 is 5.97 Å². The SMILES string of the molecule is CC(=O)O[C@@H]1C[C@@H]2[C@H]3[C@H](O[C@@]14C(C)(C)CCC[C@]34C)c1occc1[C@@H]2C. The first-order valence-corrected chi connectivity index (χ1v) is 10.2. The summed E-state index contributed by atoms with van der Waals surface area (Å²) < 4.78 is 19.0. The van der Waals surface area contributed by atoms with Crippen molar-refractivity contribution in [2.24, 2.45) is 22.7 Å². The molecule has 3 aliphatic carbocycles. The number of fused-ring (bicyclic) bond motifs is 2. The summed E-state index contributed by atoms with van der Waals surface area (Å²) in [4.78, 5) is 12.0. The molecule has 0 N–H and O–H groups in total. The van der Waals surface area contributed by atoms with Crippen molar-refractivity contribution in [3.05, 3.63) is 23.7 Å². The second-order valence-electron chi connectivity index (χ2n) is 9.98. The van der Waals surface area contributed by atoms with Gasteiger partial charge in [0.05, 0.1) is 6.26 Å². The zero-order valence-corrected chi connectivity index (χ0v) is 16.5. The van der Waals surface area contributed by atoms with Crippen LogP contribution in [-0.2, 0) is 14.3 Å². The number of carbonyl (C=O) groups excluding carboxylic acids is 1. The highest BCUT2D eigenvalue weighted by atomic mass is 16.6. The Balaban J connectivity index is 1.75. The Labute approximate surface area is 155 Å². The average molecular weight is 358 g/mol. The molecule has 0 aromatic carbocycles. The van der Waals surface area contributed by atoms with E-state index in [9.17, 15) is 4.79 Å². The monoisotopic (exact) mass is 358 g/mol. The maximum atomic E-state index is 12.0. The van der Waals surface area contributed by atoms with E-state index in [0.717, 1.165) is 25.0 Å². The van der Waals surface area contributed by atoms with Crippen molar-refractivity contribution in [1.29, 1.82) is 0 Å². The van der Waals surface area contributed by atoms with Gasteiger partial charge in [0.15, 0.2) is 0 Å². The van der Waals surface area contributed by atoms with Crippen molar-refractivity contribution in [3.63, 3.8) is 0 Å². The number of rotatable bonds is 1. The van der Waals surface area contributed by atoms with Gasteiger partial charge in [0.1, 0.15) is 23.6 Å². The van der Waals surface area contributed by atoms with Gasteiger partial charge in [-0.05, 0) is 48.1 Å². The van der Waals surface area contributed by atoms with E-state index in [1.807, 2.05) is 6.26 Å². The number of hydrogen-bond acceptors (Lipinski definition) is 4. The third-order valence-electron chi connectivity index (χ3n) is 8.55. The summed E-state index contributed by atoms with van der Waals surface area (Å²) in [6.07, 6.45) is 5.96. The Bertz CT molecular complexity index is 764. The molecule has 1 aromatic heterocycles. The Morgan fingerprint density at radius 1 is 1.27 bits per heavy atom. The number of carbonyl (C=O) groups is 1. The van der Waals surface area contributed by atoms with Gasteiger partial charge in [-0.15, -0.1) is 0 Å². The number of hydrogen-bond donors (Lipinski definition) is 0. The molecule has 4 aliphatic rings. The second-order valence-corrected chi connectivity index (χ2v) is 9.98. The zero-order valence-electron chi connectivity index (χ0n) is 16.5. The third kappa shape index (κ3) is 1.68. The minimum absolute atomic E-state index is 0.00118. The quantitative estimate of drug-likeness (QED) is 0.664. The van der Waals surface area contributed by atoms with Gasteiger partial charge in [0.2, 0.25) is 0 Å². The molecule has 4 nitrogen and oxygen atoms in total. The van der Waals surface area contributed by atoms with E-state index in [1.54, 1.807) is 0 Å². The van der Waals surface area contributed by atoms with E-state index >= 15 is 0 Å². The van der Waals surface area contributed by atoms with Gasteiger partial charge in [-0.1, -0.05) is 34.1 Å². The Hall–Kier alpha value is -1.29. The molecule has 1 aliphatic heterocycles. The fourth-order valence-electron chi connectivity index (χ4n) is 7.73. The van der Waals surface area contributed by atoms with Gasteiger partial charge in [-0.3, -0.25) is 4.79 Å². The van der Waals surface area contributed by atoms with Gasteiger partial charge in [-0.2, -0.15) is 0 Å². The molecule has 0 radical (unpaired) electrons. The molecule has 0 amide bonds. The second kappa shape index (κ2) is 4.95. The van der Waals surface area contributed by atoms with Gasteiger partial charge < -0.3 is 13.9 Å². The highest BCUT2D eigenvalue weighted by Crippen LogP contribution is 2.76. The first-order chi connectivity index (χ1) is 12.2. The van der Waals surface area contributed by atoms with Crippen LogP contribution in [0.1, 0.15) is 83.6 Å². The average Bonchev–Trinajstić information content (AvgIpc) is 3.08. The third-order valence-corrected chi connectivity index (χ3v) is 8.55. The molecule has 5 rings (SSSR count). The molecular weight excluding hydrogens is 328 g/mol. The number of esters is 1. The molecule has 2 saturated carbocycles. The summed E-state index contributed by atoms with van der Waals surface area (Å²) >= 11 is 0. The standard InChI is InChI=1S/C22H30O4/c1-12-14-7-10-24-18(14)19-17-15(12)11-16(25-13(2)23)22(26-19)20(3,4)8-6-9-21(17,22)5/h7,10,12,15-17,19H,6,8-9,11H2,1-5H3/t12-,15-,16+,17-,19-,21+,22+/m0/s1. The lowest BCUT2D eigenvalue weighted by Crippen LogP contribution is -2.69. The number of furan rings is 1. The molecule has 1 aromatic rings. The fraction of sp³-hybridized carbons (Fsp3) is 0.773. The van der Waals surface area contributed by atoms with Crippen molar-refractivity contribution < 1.29 is 18.7 Å². The lowest BCUT2D eigenvalue weighted by Gasteiger charge is -2.63. The molecule has 7 atom stereocenters. The summed E-state index contributed by atoms with van der Waals surface area (Å²) in [6, 6.07) is 2.11. The van der Waals surface area contributed by atoms with Gasteiger partial charge in [0.25, 0.3) is 0 Å². The first-order valence-electron chi connectivity index (χ1n) is 10.2. The molecule has 0 spiro atoms. The molecule has 0 unspecified atom stereocenters. The van der Waals surface area contributed by atoms with Crippen molar-refractivity contribution in [3.8, 4) is 0 Å². The van der Waals surface area contributed by atoms with E-state index < -0.39 is 5.60 Å². The molecule has 2 bridgehead atoms. The van der Waals surface area contributed by atoms with Crippen LogP contribution in [0.2, 0.25) is 0 Å². The highest BCUT2D eigenvalue weighted by Gasteiger charge is 2.78. The molecule has 1 saturated heterocycles. The topological polar surface area (TPSA) is 48.7 Å². The van der Waals surface area contributed by atoms with E-state index in [4.69, 9.17) is 13.9 Å². The van der Waals surface area contributed by atoms with E-state index in [-0.39, 0.29) is 29.0 Å². The van der Waals surface area contributed by atoms with Crippen LogP contribution in [-0.4, -0.2) is 17.7 Å². The maximum absolute atomic E-state index is 12.0. The fourth-order valence-corrected chi connectivity index (χ4v) is 7.73. The minimum atomic E-state index is -0.441. The summed E-state index contributed by atoms with van der Waals surface area (Å²) in [5.41, 5.74) is 0.804. The van der Waals surface area contributed by atoms with Crippen molar-refractivity contribution in [2.45, 2.75) is 84.0 Å². The van der Waals surface area contributed by atoms with Crippen LogP contribution >= 0.6 is 0 Å². The minimum Gasteiger partial charge on any atom is -0.466 e. The van der Waals surface area contributed by atoms with Gasteiger partial charge in [0, 0.05) is 18.3 Å². The highest BCUT2D eigenvalue weighted by molar-refractivity contribution is 5.66. The van der Waals surface area contributed by atoms with Crippen molar-refractivity contribution >= 4 is 5.97 Å². The zero-order chi connectivity index (χ0) is 18.5. The summed E-state index contributed by atoms with van der Waals surface area (Å²) in [5.74, 6) is 2.13. The molecule has 4 heteroatoms. The van der Waals surface area contributed by atoms with Crippen LogP contribution in [0.3, 0.4) is 0 Å². The Kier molecular flexibility index (Phi) is 3.21. The van der Waals surface area contributed by atoms with Crippen molar-refractivity contribution in [1.82, 2.24) is 0 Å².